The summed E-state index contributed by atoms with van der Waals surface area (Å²) in [6.45, 7) is 3.55. The lowest BCUT2D eigenvalue weighted by molar-refractivity contribution is -0.192. The van der Waals surface area contributed by atoms with Crippen LogP contribution < -0.4 is 0 Å². The number of carboxylic acid groups (broad SMARTS) is 1. The van der Waals surface area contributed by atoms with Gasteiger partial charge in [-0.3, -0.25) is 4.90 Å². The standard InChI is InChI=1S/C19H27NO.C2HF3O2/c1-2-4-15(5-3-1)12-18-19(21-14-17-8-9-17)10-11-20(18)13-16-6-7-16;3-2(4,5)1(6)7/h1-5,16-19H,6-14H2;(H,6,7)/t18-,19+;/m0./s1. The molecule has 0 amide bonds. The summed E-state index contributed by atoms with van der Waals surface area (Å²) in [6.07, 6.45) is 3.44. The number of benzene rings is 1. The molecule has 1 saturated heterocycles. The summed E-state index contributed by atoms with van der Waals surface area (Å²) in [6, 6.07) is 11.6. The molecule has 0 radical (unpaired) electrons. The van der Waals surface area contributed by atoms with Crippen molar-refractivity contribution in [2.45, 2.75) is 56.8 Å². The molecule has 1 aromatic carbocycles. The van der Waals surface area contributed by atoms with Gasteiger partial charge in [0.05, 0.1) is 6.10 Å². The van der Waals surface area contributed by atoms with Crippen LogP contribution in [-0.2, 0) is 16.0 Å². The number of nitrogens with zero attached hydrogens (tertiary/aromatic N) is 1. The van der Waals surface area contributed by atoms with Gasteiger partial charge in [-0.05, 0) is 55.9 Å². The molecule has 7 heteroatoms. The highest BCUT2D eigenvalue weighted by atomic mass is 19.4. The van der Waals surface area contributed by atoms with E-state index in [0.29, 0.717) is 12.1 Å². The molecule has 3 aliphatic rings. The Morgan fingerprint density at radius 3 is 2.21 bits per heavy atom. The van der Waals surface area contributed by atoms with Gasteiger partial charge >= 0.3 is 12.1 Å². The molecule has 1 aliphatic heterocycles. The molecule has 3 fully saturated rings. The summed E-state index contributed by atoms with van der Waals surface area (Å²) in [5.41, 5.74) is 1.46. The lowest BCUT2D eigenvalue weighted by Gasteiger charge is -2.28. The van der Waals surface area contributed by atoms with Crippen LogP contribution in [0.2, 0.25) is 0 Å². The van der Waals surface area contributed by atoms with Crippen molar-refractivity contribution in [2.24, 2.45) is 11.8 Å². The van der Waals surface area contributed by atoms with Crippen molar-refractivity contribution in [1.82, 2.24) is 4.90 Å². The maximum absolute atomic E-state index is 10.6. The first kappa shape index (κ1) is 21.1. The van der Waals surface area contributed by atoms with E-state index in [0.717, 1.165) is 24.9 Å². The maximum Gasteiger partial charge on any atom is 0.490 e. The average Bonchev–Trinajstić information content (AvgIpc) is 3.56. The van der Waals surface area contributed by atoms with Crippen LogP contribution in [0.15, 0.2) is 30.3 Å². The molecule has 0 bridgehead atoms. The van der Waals surface area contributed by atoms with Gasteiger partial charge in [0.25, 0.3) is 0 Å². The first-order valence-corrected chi connectivity index (χ1v) is 10.0. The van der Waals surface area contributed by atoms with Crippen LogP contribution >= 0.6 is 0 Å². The topological polar surface area (TPSA) is 49.8 Å². The number of carboxylic acids is 1. The SMILES string of the molecule is O=C(O)C(F)(F)F.c1ccc(C[C@H]2[C@H](OCC3CC3)CCN2CC2CC2)cc1. The molecule has 4 rings (SSSR count). The Morgan fingerprint density at radius 1 is 1.07 bits per heavy atom. The molecule has 0 unspecified atom stereocenters. The minimum atomic E-state index is -5.08. The number of halogens is 3. The van der Waals surface area contributed by atoms with Gasteiger partial charge in [0.15, 0.2) is 0 Å². The van der Waals surface area contributed by atoms with E-state index in [2.05, 4.69) is 35.2 Å². The molecule has 2 aliphatic carbocycles. The molecule has 1 N–H and O–H groups in total. The van der Waals surface area contributed by atoms with Crippen LogP contribution in [0.25, 0.3) is 0 Å². The van der Waals surface area contributed by atoms with Crippen molar-refractivity contribution in [3.8, 4) is 0 Å². The maximum atomic E-state index is 10.6. The van der Waals surface area contributed by atoms with Gasteiger partial charge in [-0.25, -0.2) is 4.79 Å². The van der Waals surface area contributed by atoms with Gasteiger partial charge in [-0.15, -0.1) is 0 Å². The number of hydrogen-bond donors (Lipinski definition) is 1. The Hall–Kier alpha value is -1.60. The van der Waals surface area contributed by atoms with Gasteiger partial charge in [-0.2, -0.15) is 13.2 Å². The zero-order valence-corrected chi connectivity index (χ0v) is 15.9. The molecule has 2 saturated carbocycles. The van der Waals surface area contributed by atoms with E-state index in [1.165, 1.54) is 50.8 Å². The van der Waals surface area contributed by atoms with Crippen molar-refractivity contribution in [3.05, 3.63) is 35.9 Å². The fraction of sp³-hybridized carbons (Fsp3) is 0.667. The monoisotopic (exact) mass is 399 g/mol. The van der Waals surface area contributed by atoms with Crippen LogP contribution in [0.1, 0.15) is 37.7 Å². The molecule has 1 aromatic rings. The summed E-state index contributed by atoms with van der Waals surface area (Å²) in [4.78, 5) is 11.6. The lowest BCUT2D eigenvalue weighted by atomic mass is 10.0. The van der Waals surface area contributed by atoms with E-state index < -0.39 is 12.1 Å². The van der Waals surface area contributed by atoms with Gasteiger partial charge < -0.3 is 9.84 Å². The lowest BCUT2D eigenvalue weighted by Crippen LogP contribution is -2.39. The molecular formula is C21H28F3NO3. The minimum Gasteiger partial charge on any atom is -0.475 e. The van der Waals surface area contributed by atoms with E-state index in [9.17, 15) is 13.2 Å². The zero-order chi connectivity index (χ0) is 20.1. The minimum absolute atomic E-state index is 0.463. The highest BCUT2D eigenvalue weighted by Crippen LogP contribution is 2.35. The summed E-state index contributed by atoms with van der Waals surface area (Å²) < 4.78 is 38.0. The normalized spacial score (nSPS) is 25.2. The van der Waals surface area contributed by atoms with Crippen molar-refractivity contribution in [3.63, 3.8) is 0 Å². The van der Waals surface area contributed by atoms with E-state index in [-0.39, 0.29) is 0 Å². The third kappa shape index (κ3) is 6.78. The predicted octanol–water partition coefficient (Wildman–Crippen LogP) is 4.14. The largest absolute Gasteiger partial charge is 0.490 e. The van der Waals surface area contributed by atoms with E-state index in [1.54, 1.807) is 0 Å². The molecule has 156 valence electrons. The molecule has 0 aromatic heterocycles. The Labute approximate surface area is 163 Å². The van der Waals surface area contributed by atoms with Gasteiger partial charge in [-0.1, -0.05) is 30.3 Å². The molecule has 2 atom stereocenters. The highest BCUT2D eigenvalue weighted by molar-refractivity contribution is 5.73. The Morgan fingerprint density at radius 2 is 1.68 bits per heavy atom. The van der Waals surface area contributed by atoms with Crippen molar-refractivity contribution < 1.29 is 27.8 Å². The number of carbonyl (C=O) groups is 1. The highest BCUT2D eigenvalue weighted by Gasteiger charge is 2.39. The first-order chi connectivity index (χ1) is 13.3. The third-order valence-electron chi connectivity index (χ3n) is 5.56. The number of hydrogen-bond acceptors (Lipinski definition) is 3. The Kier molecular flexibility index (Phi) is 6.99. The van der Waals surface area contributed by atoms with E-state index >= 15 is 0 Å². The summed E-state index contributed by atoms with van der Waals surface area (Å²) in [5.74, 6) is -0.905. The summed E-state index contributed by atoms with van der Waals surface area (Å²) in [5, 5.41) is 7.12. The number of likely N-dealkylation sites (tertiary alicyclic amines) is 1. The summed E-state index contributed by atoms with van der Waals surface area (Å²) in [7, 11) is 0. The van der Waals surface area contributed by atoms with Crippen LogP contribution in [0.5, 0.6) is 0 Å². The number of aliphatic carboxylic acids is 1. The zero-order valence-electron chi connectivity index (χ0n) is 15.9. The second-order valence-corrected chi connectivity index (χ2v) is 8.10. The predicted molar refractivity (Wildman–Crippen MR) is 99.0 cm³/mol. The van der Waals surface area contributed by atoms with Gasteiger partial charge in [0, 0.05) is 25.7 Å². The van der Waals surface area contributed by atoms with Crippen LogP contribution in [-0.4, -0.2) is 54.0 Å². The molecular weight excluding hydrogens is 371 g/mol. The van der Waals surface area contributed by atoms with Crippen molar-refractivity contribution in [1.29, 1.82) is 0 Å². The molecule has 1 heterocycles. The third-order valence-corrected chi connectivity index (χ3v) is 5.56. The van der Waals surface area contributed by atoms with Gasteiger partial charge in [0.1, 0.15) is 0 Å². The number of ether oxygens (including phenoxy) is 1. The van der Waals surface area contributed by atoms with Crippen LogP contribution in [0, 0.1) is 11.8 Å². The van der Waals surface area contributed by atoms with E-state index in [1.807, 2.05) is 0 Å². The fourth-order valence-corrected chi connectivity index (χ4v) is 3.60. The van der Waals surface area contributed by atoms with Crippen LogP contribution in [0.4, 0.5) is 13.2 Å². The van der Waals surface area contributed by atoms with Gasteiger partial charge in [0.2, 0.25) is 0 Å². The van der Waals surface area contributed by atoms with Crippen molar-refractivity contribution in [2.75, 3.05) is 19.7 Å². The van der Waals surface area contributed by atoms with E-state index in [4.69, 9.17) is 14.6 Å². The average molecular weight is 399 g/mol. The van der Waals surface area contributed by atoms with Crippen LogP contribution in [0.3, 0.4) is 0 Å². The number of rotatable bonds is 7. The smallest absolute Gasteiger partial charge is 0.475 e. The number of alkyl halides is 3. The molecule has 4 nitrogen and oxygen atoms in total. The second-order valence-electron chi connectivity index (χ2n) is 8.10. The van der Waals surface area contributed by atoms with Crippen molar-refractivity contribution >= 4 is 5.97 Å². The Bertz CT molecular complexity index is 630. The second kappa shape index (κ2) is 9.27. The first-order valence-electron chi connectivity index (χ1n) is 10.0. The molecule has 0 spiro atoms. The fourth-order valence-electron chi connectivity index (χ4n) is 3.60. The summed E-state index contributed by atoms with van der Waals surface area (Å²) >= 11 is 0. The Balaban J connectivity index is 0.000000279. The molecule has 28 heavy (non-hydrogen) atoms. The quantitative estimate of drug-likeness (QED) is 0.749.